The molecule has 0 aliphatic heterocycles. The Morgan fingerprint density at radius 3 is 2.29 bits per heavy atom. The molecule has 0 radical (unpaired) electrons. The Morgan fingerprint density at radius 2 is 1.71 bits per heavy atom. The molecule has 17 heavy (non-hydrogen) atoms. The second kappa shape index (κ2) is 4.75. The van der Waals surface area contributed by atoms with Gasteiger partial charge in [0.2, 0.25) is 0 Å². The van der Waals surface area contributed by atoms with E-state index < -0.39 is 11.6 Å². The molecule has 0 unspecified atom stereocenters. The first-order valence-electron chi connectivity index (χ1n) is 4.95. The Bertz CT molecular complexity index is 538. The van der Waals surface area contributed by atoms with Gasteiger partial charge in [-0.1, -0.05) is 0 Å². The maximum atomic E-state index is 13.1. The van der Waals surface area contributed by atoms with Crippen LogP contribution in [0.15, 0.2) is 24.3 Å². The van der Waals surface area contributed by atoms with Crippen LogP contribution in [-0.2, 0) is 5.88 Å². The van der Waals surface area contributed by atoms with Gasteiger partial charge in [-0.3, -0.25) is 0 Å². The first kappa shape index (κ1) is 11.9. The Hall–Kier alpha value is -1.55. The van der Waals surface area contributed by atoms with Crippen molar-refractivity contribution in [3.63, 3.8) is 0 Å². The average molecular weight is 255 g/mol. The van der Waals surface area contributed by atoms with E-state index >= 15 is 0 Å². The van der Waals surface area contributed by atoms with E-state index in [0.29, 0.717) is 17.0 Å². The topological polar surface area (TPSA) is 25.8 Å². The summed E-state index contributed by atoms with van der Waals surface area (Å²) in [4.78, 5) is 8.26. The molecule has 2 nitrogen and oxygen atoms in total. The van der Waals surface area contributed by atoms with Gasteiger partial charge in [-0.15, -0.1) is 11.6 Å². The van der Waals surface area contributed by atoms with Crippen LogP contribution in [0.2, 0.25) is 0 Å². The number of alkyl halides is 1. The van der Waals surface area contributed by atoms with Crippen molar-refractivity contribution in [2.75, 3.05) is 0 Å². The van der Waals surface area contributed by atoms with E-state index in [1.54, 1.807) is 13.0 Å². The van der Waals surface area contributed by atoms with Crippen molar-refractivity contribution < 1.29 is 8.78 Å². The van der Waals surface area contributed by atoms with E-state index in [0.717, 1.165) is 6.07 Å². The summed E-state index contributed by atoms with van der Waals surface area (Å²) in [6.07, 6.45) is 0. The summed E-state index contributed by atoms with van der Waals surface area (Å²) in [6.45, 7) is 1.77. The molecule has 0 bridgehead atoms. The Morgan fingerprint density at radius 1 is 1.06 bits per heavy atom. The van der Waals surface area contributed by atoms with E-state index in [2.05, 4.69) is 9.97 Å². The van der Waals surface area contributed by atoms with Crippen LogP contribution < -0.4 is 0 Å². The maximum absolute atomic E-state index is 13.1. The van der Waals surface area contributed by atoms with Crippen LogP contribution in [-0.4, -0.2) is 9.97 Å². The largest absolute Gasteiger partial charge is 0.233 e. The molecule has 2 aromatic rings. The highest BCUT2D eigenvalue weighted by Gasteiger charge is 2.07. The Labute approximate surface area is 102 Å². The highest BCUT2D eigenvalue weighted by atomic mass is 35.5. The standard InChI is InChI=1S/C12H9ClF2N2/c1-7-2-11(6-13)17-12(16-7)8-3-9(14)5-10(15)4-8/h2-5H,6H2,1H3. The van der Waals surface area contributed by atoms with Gasteiger partial charge >= 0.3 is 0 Å². The maximum Gasteiger partial charge on any atom is 0.159 e. The van der Waals surface area contributed by atoms with Crippen molar-refractivity contribution in [1.29, 1.82) is 0 Å². The van der Waals surface area contributed by atoms with Crippen LogP contribution in [0.3, 0.4) is 0 Å². The number of nitrogens with zero attached hydrogens (tertiary/aromatic N) is 2. The quantitative estimate of drug-likeness (QED) is 0.767. The summed E-state index contributed by atoms with van der Waals surface area (Å²) in [7, 11) is 0. The highest BCUT2D eigenvalue weighted by Crippen LogP contribution is 2.19. The normalized spacial score (nSPS) is 10.6. The van der Waals surface area contributed by atoms with Crippen molar-refractivity contribution in [1.82, 2.24) is 9.97 Å². The van der Waals surface area contributed by atoms with E-state index in [9.17, 15) is 8.78 Å². The van der Waals surface area contributed by atoms with E-state index in [4.69, 9.17) is 11.6 Å². The van der Waals surface area contributed by atoms with Gasteiger partial charge in [0.05, 0.1) is 11.6 Å². The summed E-state index contributed by atoms with van der Waals surface area (Å²) >= 11 is 5.68. The van der Waals surface area contributed by atoms with Gasteiger partial charge in [-0.05, 0) is 25.1 Å². The van der Waals surface area contributed by atoms with Gasteiger partial charge in [-0.2, -0.15) is 0 Å². The number of hydrogen-bond acceptors (Lipinski definition) is 2. The predicted molar refractivity (Wildman–Crippen MR) is 61.7 cm³/mol. The minimum atomic E-state index is -0.655. The molecule has 1 heterocycles. The number of rotatable bonds is 2. The number of aryl methyl sites for hydroxylation is 1. The van der Waals surface area contributed by atoms with Crippen molar-refractivity contribution >= 4 is 11.6 Å². The summed E-state index contributed by atoms with van der Waals surface area (Å²) in [5, 5.41) is 0. The SMILES string of the molecule is Cc1cc(CCl)nc(-c2cc(F)cc(F)c2)n1. The molecule has 0 fully saturated rings. The Kier molecular flexibility index (Phi) is 3.33. The molecule has 0 spiro atoms. The number of benzene rings is 1. The lowest BCUT2D eigenvalue weighted by molar-refractivity contribution is 0.584. The highest BCUT2D eigenvalue weighted by molar-refractivity contribution is 6.16. The van der Waals surface area contributed by atoms with Crippen molar-refractivity contribution in [3.05, 3.63) is 47.3 Å². The molecule has 0 aliphatic carbocycles. The van der Waals surface area contributed by atoms with Crippen molar-refractivity contribution in [2.24, 2.45) is 0 Å². The third kappa shape index (κ3) is 2.77. The van der Waals surface area contributed by atoms with Crippen molar-refractivity contribution in [3.8, 4) is 11.4 Å². The third-order valence-electron chi connectivity index (χ3n) is 2.16. The molecule has 0 saturated carbocycles. The molecule has 88 valence electrons. The summed E-state index contributed by atoms with van der Waals surface area (Å²) < 4.78 is 26.2. The van der Waals surface area contributed by atoms with Crippen LogP contribution in [0.4, 0.5) is 8.78 Å². The monoisotopic (exact) mass is 254 g/mol. The van der Waals surface area contributed by atoms with Gasteiger partial charge in [-0.25, -0.2) is 18.7 Å². The fourth-order valence-electron chi connectivity index (χ4n) is 1.51. The molecule has 0 N–H and O–H groups in total. The zero-order chi connectivity index (χ0) is 12.4. The smallest absolute Gasteiger partial charge is 0.159 e. The van der Waals surface area contributed by atoms with Crippen LogP contribution in [0.5, 0.6) is 0 Å². The third-order valence-corrected chi connectivity index (χ3v) is 2.44. The first-order valence-corrected chi connectivity index (χ1v) is 5.49. The van der Waals surface area contributed by atoms with Gasteiger partial charge in [0.1, 0.15) is 11.6 Å². The number of aromatic nitrogens is 2. The fraction of sp³-hybridized carbons (Fsp3) is 0.167. The molecule has 5 heteroatoms. The minimum absolute atomic E-state index is 0.230. The molecular formula is C12H9ClF2N2. The first-order chi connectivity index (χ1) is 8.08. The summed E-state index contributed by atoms with van der Waals surface area (Å²) in [5.74, 6) is -0.803. The average Bonchev–Trinajstić information content (AvgIpc) is 2.26. The van der Waals surface area contributed by atoms with Gasteiger partial charge in [0.25, 0.3) is 0 Å². The second-order valence-corrected chi connectivity index (χ2v) is 3.88. The van der Waals surface area contributed by atoms with E-state index in [1.807, 2.05) is 0 Å². The fourth-order valence-corrected chi connectivity index (χ4v) is 1.65. The van der Waals surface area contributed by atoms with Crippen LogP contribution in [0, 0.1) is 18.6 Å². The molecule has 1 aromatic heterocycles. The molecule has 0 saturated heterocycles. The molecule has 2 rings (SSSR count). The van der Waals surface area contributed by atoms with E-state index in [1.165, 1.54) is 12.1 Å². The number of halogens is 3. The molecule has 0 amide bonds. The van der Waals surface area contributed by atoms with E-state index in [-0.39, 0.29) is 11.7 Å². The summed E-state index contributed by atoms with van der Waals surface area (Å²) in [5.41, 5.74) is 1.63. The lowest BCUT2D eigenvalue weighted by atomic mass is 10.2. The second-order valence-electron chi connectivity index (χ2n) is 3.62. The minimum Gasteiger partial charge on any atom is -0.233 e. The Balaban J connectivity index is 2.55. The van der Waals surface area contributed by atoms with Crippen molar-refractivity contribution in [2.45, 2.75) is 12.8 Å². The van der Waals surface area contributed by atoms with Gasteiger partial charge in [0.15, 0.2) is 5.82 Å². The zero-order valence-corrected chi connectivity index (χ0v) is 9.80. The molecule has 0 atom stereocenters. The lowest BCUT2D eigenvalue weighted by Gasteiger charge is -2.04. The lowest BCUT2D eigenvalue weighted by Crippen LogP contribution is -1.97. The predicted octanol–water partition coefficient (Wildman–Crippen LogP) is 3.47. The molecule has 0 aliphatic rings. The zero-order valence-electron chi connectivity index (χ0n) is 9.04. The molecule has 1 aromatic carbocycles. The molecular weight excluding hydrogens is 246 g/mol. The van der Waals surface area contributed by atoms with Crippen LogP contribution in [0.25, 0.3) is 11.4 Å². The van der Waals surface area contributed by atoms with Gasteiger partial charge in [0, 0.05) is 17.3 Å². The van der Waals surface area contributed by atoms with Crippen LogP contribution in [0.1, 0.15) is 11.4 Å². The number of hydrogen-bond donors (Lipinski definition) is 0. The summed E-state index contributed by atoms with van der Waals surface area (Å²) in [6, 6.07) is 4.92. The van der Waals surface area contributed by atoms with Gasteiger partial charge < -0.3 is 0 Å². The van der Waals surface area contributed by atoms with Crippen LogP contribution >= 0.6 is 11.6 Å².